The van der Waals surface area contributed by atoms with Gasteiger partial charge in [-0.3, -0.25) is 15.0 Å². The number of rotatable bonds is 6. The van der Waals surface area contributed by atoms with Crippen molar-refractivity contribution in [1.82, 2.24) is 4.90 Å². The molecule has 1 fully saturated rings. The number of nitro groups is 1. The van der Waals surface area contributed by atoms with Crippen LogP contribution in [0, 0.1) is 10.1 Å². The van der Waals surface area contributed by atoms with Gasteiger partial charge in [0.25, 0.3) is 0 Å². The molecule has 3 rings (SSSR count). The first-order valence-corrected chi connectivity index (χ1v) is 8.09. The van der Waals surface area contributed by atoms with E-state index in [-0.39, 0.29) is 5.88 Å². The highest BCUT2D eigenvalue weighted by molar-refractivity contribution is 5.58. The van der Waals surface area contributed by atoms with E-state index in [1.54, 1.807) is 6.07 Å². The lowest BCUT2D eigenvalue weighted by molar-refractivity contribution is -0.402. The third-order valence-electron chi connectivity index (χ3n) is 4.08. The standard InChI is InChI=1S/C17H21N3O4/c1-2-23-16-6-4-3-5-15(16)19-11-9-18(10-12-19)13-14-7-8-17(24-14)20(21)22/h3-8H,2,9-13H2,1H3. The van der Waals surface area contributed by atoms with Gasteiger partial charge < -0.3 is 14.1 Å². The number of hydrogen-bond acceptors (Lipinski definition) is 6. The van der Waals surface area contributed by atoms with Gasteiger partial charge in [0.1, 0.15) is 16.4 Å². The third kappa shape index (κ3) is 3.68. The second-order valence-corrected chi connectivity index (χ2v) is 5.66. The Morgan fingerprint density at radius 3 is 2.58 bits per heavy atom. The number of nitrogens with zero attached hydrogens (tertiary/aromatic N) is 3. The molecule has 1 aliphatic heterocycles. The fraction of sp³-hybridized carbons (Fsp3) is 0.412. The molecule has 2 heterocycles. The minimum Gasteiger partial charge on any atom is -0.492 e. The summed E-state index contributed by atoms with van der Waals surface area (Å²) in [6.45, 7) is 6.73. The Kier molecular flexibility index (Phi) is 5.00. The summed E-state index contributed by atoms with van der Waals surface area (Å²) in [5.74, 6) is 1.34. The lowest BCUT2D eigenvalue weighted by atomic mass is 10.2. The van der Waals surface area contributed by atoms with Crippen LogP contribution >= 0.6 is 0 Å². The lowest BCUT2D eigenvalue weighted by Crippen LogP contribution is -2.46. The van der Waals surface area contributed by atoms with Crippen LogP contribution in [0.1, 0.15) is 12.7 Å². The maximum Gasteiger partial charge on any atom is 0.433 e. The number of benzene rings is 1. The van der Waals surface area contributed by atoms with Gasteiger partial charge in [0.15, 0.2) is 0 Å². The fourth-order valence-electron chi connectivity index (χ4n) is 2.91. The molecule has 24 heavy (non-hydrogen) atoms. The molecule has 1 aliphatic rings. The van der Waals surface area contributed by atoms with E-state index >= 15 is 0 Å². The lowest BCUT2D eigenvalue weighted by Gasteiger charge is -2.36. The van der Waals surface area contributed by atoms with Crippen LogP contribution in [0.5, 0.6) is 5.75 Å². The Morgan fingerprint density at radius 1 is 1.17 bits per heavy atom. The molecule has 128 valence electrons. The second kappa shape index (κ2) is 7.35. The van der Waals surface area contributed by atoms with E-state index in [0.29, 0.717) is 18.9 Å². The Labute approximate surface area is 140 Å². The van der Waals surface area contributed by atoms with Crippen LogP contribution in [0.4, 0.5) is 11.6 Å². The average Bonchev–Trinajstić information content (AvgIpc) is 3.05. The minimum atomic E-state index is -0.508. The average molecular weight is 331 g/mol. The van der Waals surface area contributed by atoms with Gasteiger partial charge in [-0.15, -0.1) is 0 Å². The summed E-state index contributed by atoms with van der Waals surface area (Å²) in [4.78, 5) is 14.7. The van der Waals surface area contributed by atoms with E-state index in [9.17, 15) is 10.1 Å². The summed E-state index contributed by atoms with van der Waals surface area (Å²) in [7, 11) is 0. The number of furan rings is 1. The van der Waals surface area contributed by atoms with E-state index in [2.05, 4.69) is 15.9 Å². The molecular weight excluding hydrogens is 310 g/mol. The first-order chi connectivity index (χ1) is 11.7. The monoisotopic (exact) mass is 331 g/mol. The van der Waals surface area contributed by atoms with Crippen molar-refractivity contribution in [2.45, 2.75) is 13.5 Å². The number of ether oxygens (including phenoxy) is 1. The molecule has 0 aliphatic carbocycles. The normalized spacial score (nSPS) is 15.5. The molecule has 2 aromatic rings. The van der Waals surface area contributed by atoms with Gasteiger partial charge in [0, 0.05) is 26.2 Å². The van der Waals surface area contributed by atoms with Gasteiger partial charge >= 0.3 is 5.88 Å². The van der Waals surface area contributed by atoms with Gasteiger partial charge in [-0.1, -0.05) is 12.1 Å². The summed E-state index contributed by atoms with van der Waals surface area (Å²) >= 11 is 0. The number of hydrogen-bond donors (Lipinski definition) is 0. The zero-order valence-corrected chi connectivity index (χ0v) is 13.7. The summed E-state index contributed by atoms with van der Waals surface area (Å²) < 4.78 is 10.9. The molecule has 0 radical (unpaired) electrons. The quantitative estimate of drug-likeness (QED) is 0.599. The van der Waals surface area contributed by atoms with Crippen LogP contribution < -0.4 is 9.64 Å². The second-order valence-electron chi connectivity index (χ2n) is 5.66. The molecule has 7 heteroatoms. The highest BCUT2D eigenvalue weighted by Crippen LogP contribution is 2.29. The predicted octanol–water partition coefficient (Wildman–Crippen LogP) is 2.91. The molecule has 1 saturated heterocycles. The van der Waals surface area contributed by atoms with Crippen molar-refractivity contribution in [3.8, 4) is 5.75 Å². The molecule has 1 aromatic carbocycles. The molecule has 0 saturated carbocycles. The van der Waals surface area contributed by atoms with Crippen molar-refractivity contribution in [2.75, 3.05) is 37.7 Å². The highest BCUT2D eigenvalue weighted by Gasteiger charge is 2.21. The molecular formula is C17H21N3O4. The first-order valence-electron chi connectivity index (χ1n) is 8.09. The van der Waals surface area contributed by atoms with Crippen molar-refractivity contribution in [1.29, 1.82) is 0 Å². The molecule has 0 amide bonds. The molecule has 7 nitrogen and oxygen atoms in total. The van der Waals surface area contributed by atoms with Crippen molar-refractivity contribution in [3.05, 3.63) is 52.3 Å². The maximum absolute atomic E-state index is 10.7. The Hall–Kier alpha value is -2.54. The largest absolute Gasteiger partial charge is 0.492 e. The number of anilines is 1. The van der Waals surface area contributed by atoms with Gasteiger partial charge in [0.2, 0.25) is 0 Å². The molecule has 0 unspecified atom stereocenters. The maximum atomic E-state index is 10.7. The molecule has 0 bridgehead atoms. The molecule has 0 spiro atoms. The van der Waals surface area contributed by atoms with Gasteiger partial charge in [0.05, 0.1) is 24.9 Å². The first kappa shape index (κ1) is 16.3. The smallest absolute Gasteiger partial charge is 0.433 e. The Bertz CT molecular complexity index is 693. The van der Waals surface area contributed by atoms with Crippen LogP contribution in [-0.2, 0) is 6.54 Å². The van der Waals surface area contributed by atoms with Crippen LogP contribution in [0.25, 0.3) is 0 Å². The van der Waals surface area contributed by atoms with E-state index in [1.165, 1.54) is 6.07 Å². The van der Waals surface area contributed by atoms with Crippen LogP contribution in [0.3, 0.4) is 0 Å². The minimum absolute atomic E-state index is 0.200. The van der Waals surface area contributed by atoms with Crippen molar-refractivity contribution >= 4 is 11.6 Å². The Balaban J connectivity index is 1.58. The highest BCUT2D eigenvalue weighted by atomic mass is 16.6. The predicted molar refractivity (Wildman–Crippen MR) is 90.5 cm³/mol. The van der Waals surface area contributed by atoms with Crippen molar-refractivity contribution < 1.29 is 14.1 Å². The van der Waals surface area contributed by atoms with Gasteiger partial charge in [-0.2, -0.15) is 0 Å². The topological polar surface area (TPSA) is 72.0 Å². The zero-order valence-electron chi connectivity index (χ0n) is 13.7. The summed E-state index contributed by atoms with van der Waals surface area (Å²) in [6.07, 6.45) is 0. The van der Waals surface area contributed by atoms with E-state index in [1.807, 2.05) is 25.1 Å². The van der Waals surface area contributed by atoms with Crippen LogP contribution in [0.15, 0.2) is 40.8 Å². The number of para-hydroxylation sites is 2. The fourth-order valence-corrected chi connectivity index (χ4v) is 2.91. The van der Waals surface area contributed by atoms with Crippen LogP contribution in [-0.4, -0.2) is 42.6 Å². The molecule has 0 atom stereocenters. The van der Waals surface area contributed by atoms with Gasteiger partial charge in [-0.05, 0) is 25.1 Å². The Morgan fingerprint density at radius 2 is 1.92 bits per heavy atom. The number of piperazine rings is 1. The van der Waals surface area contributed by atoms with E-state index in [4.69, 9.17) is 9.15 Å². The molecule has 1 aromatic heterocycles. The van der Waals surface area contributed by atoms with E-state index in [0.717, 1.165) is 37.6 Å². The van der Waals surface area contributed by atoms with Crippen molar-refractivity contribution in [2.24, 2.45) is 0 Å². The summed E-state index contributed by atoms with van der Waals surface area (Å²) in [5.41, 5.74) is 1.12. The van der Waals surface area contributed by atoms with Gasteiger partial charge in [-0.25, -0.2) is 0 Å². The van der Waals surface area contributed by atoms with Crippen LogP contribution in [0.2, 0.25) is 0 Å². The molecule has 0 N–H and O–H groups in total. The SMILES string of the molecule is CCOc1ccccc1N1CCN(Cc2ccc([N+](=O)[O-])o2)CC1. The van der Waals surface area contributed by atoms with E-state index < -0.39 is 4.92 Å². The summed E-state index contributed by atoms with van der Waals surface area (Å²) in [5, 5.41) is 10.7. The van der Waals surface area contributed by atoms with Crippen molar-refractivity contribution in [3.63, 3.8) is 0 Å². The zero-order chi connectivity index (χ0) is 16.9. The summed E-state index contributed by atoms with van der Waals surface area (Å²) in [6, 6.07) is 11.2. The third-order valence-corrected chi connectivity index (χ3v) is 4.08.